The summed E-state index contributed by atoms with van der Waals surface area (Å²) >= 11 is 5.95. The van der Waals surface area contributed by atoms with Crippen molar-refractivity contribution in [2.45, 2.75) is 51.7 Å². The number of pyridine rings is 1. The molecular formula is C25H34ClFN2O3. The molecule has 0 amide bonds. The number of ether oxygens (including phenoxy) is 2. The van der Waals surface area contributed by atoms with E-state index in [-0.39, 0.29) is 29.9 Å². The Bertz CT molecular complexity index is 815. The Labute approximate surface area is 195 Å². The van der Waals surface area contributed by atoms with E-state index >= 15 is 0 Å². The van der Waals surface area contributed by atoms with Gasteiger partial charge in [0, 0.05) is 13.3 Å². The van der Waals surface area contributed by atoms with E-state index in [1.54, 1.807) is 25.4 Å². The molecule has 2 rings (SSSR count). The van der Waals surface area contributed by atoms with Crippen LogP contribution in [0.4, 0.5) is 4.39 Å². The average molecular weight is 465 g/mol. The van der Waals surface area contributed by atoms with Crippen LogP contribution in [0.1, 0.15) is 62.9 Å². The highest BCUT2D eigenvalue weighted by Gasteiger charge is 2.25. The highest BCUT2D eigenvalue weighted by Crippen LogP contribution is 2.28. The Hall–Kier alpha value is -2.02. The van der Waals surface area contributed by atoms with Crippen LogP contribution in [0.2, 0.25) is 5.02 Å². The van der Waals surface area contributed by atoms with Crippen molar-refractivity contribution in [1.82, 2.24) is 10.3 Å². The topological polar surface area (TPSA) is 60.5 Å². The number of nitrogens with one attached hydrogen (secondary N) is 1. The minimum Gasteiger partial charge on any atom is -0.469 e. The van der Waals surface area contributed by atoms with Gasteiger partial charge in [-0.05, 0) is 61.6 Å². The molecule has 0 aliphatic heterocycles. The third kappa shape index (κ3) is 8.15. The lowest BCUT2D eigenvalue weighted by Crippen LogP contribution is -2.27. The molecule has 0 aliphatic carbocycles. The summed E-state index contributed by atoms with van der Waals surface area (Å²) in [6.45, 7) is 5.12. The fourth-order valence-electron chi connectivity index (χ4n) is 3.83. The predicted octanol–water partition coefficient (Wildman–Crippen LogP) is 5.90. The summed E-state index contributed by atoms with van der Waals surface area (Å²) in [6, 6.07) is 10.1. The fraction of sp³-hybridized carbons (Fsp3) is 0.520. The zero-order valence-electron chi connectivity index (χ0n) is 19.3. The van der Waals surface area contributed by atoms with Gasteiger partial charge < -0.3 is 14.8 Å². The molecular weight excluding hydrogens is 431 g/mol. The van der Waals surface area contributed by atoms with Crippen LogP contribution in [0.25, 0.3) is 0 Å². The van der Waals surface area contributed by atoms with E-state index in [0.29, 0.717) is 23.8 Å². The number of nitrogens with zero attached hydrogens (tertiary/aromatic N) is 1. The third-order valence-corrected chi connectivity index (χ3v) is 5.86. The quantitative estimate of drug-likeness (QED) is 0.295. The molecule has 0 saturated carbocycles. The molecule has 0 fully saturated rings. The number of carbonyl (C=O) groups excluding carboxylic acids is 1. The van der Waals surface area contributed by atoms with E-state index in [4.69, 9.17) is 21.1 Å². The second kappa shape index (κ2) is 13.5. The van der Waals surface area contributed by atoms with Crippen LogP contribution >= 0.6 is 11.6 Å². The van der Waals surface area contributed by atoms with Crippen molar-refractivity contribution in [3.63, 3.8) is 0 Å². The fourth-order valence-corrected chi connectivity index (χ4v) is 3.94. The molecule has 32 heavy (non-hydrogen) atoms. The van der Waals surface area contributed by atoms with E-state index in [1.165, 1.54) is 19.2 Å². The maximum atomic E-state index is 13.2. The number of unbranched alkanes of at least 4 members (excludes halogenated alkanes) is 1. The maximum Gasteiger partial charge on any atom is 0.308 e. The van der Waals surface area contributed by atoms with Crippen molar-refractivity contribution >= 4 is 17.6 Å². The molecule has 0 bridgehead atoms. The molecule has 1 heterocycles. The van der Waals surface area contributed by atoms with Gasteiger partial charge in [-0.3, -0.25) is 9.78 Å². The largest absolute Gasteiger partial charge is 0.469 e. The van der Waals surface area contributed by atoms with Crippen LogP contribution < -0.4 is 5.32 Å². The summed E-state index contributed by atoms with van der Waals surface area (Å²) in [4.78, 5) is 16.8. The smallest absolute Gasteiger partial charge is 0.308 e. The van der Waals surface area contributed by atoms with Gasteiger partial charge in [-0.1, -0.05) is 44.0 Å². The first-order valence-electron chi connectivity index (χ1n) is 11.1. The molecule has 176 valence electrons. The number of carbonyl (C=O) groups is 1. The Kier molecular flexibility index (Phi) is 11.1. The molecule has 5 nitrogen and oxygen atoms in total. The van der Waals surface area contributed by atoms with Gasteiger partial charge in [0.1, 0.15) is 5.82 Å². The lowest BCUT2D eigenvalue weighted by molar-refractivity contribution is -0.147. The minimum absolute atomic E-state index is 0.139. The number of hydrogen-bond donors (Lipinski definition) is 1. The van der Waals surface area contributed by atoms with Crippen LogP contribution in [0.15, 0.2) is 42.6 Å². The van der Waals surface area contributed by atoms with Crippen molar-refractivity contribution < 1.29 is 18.7 Å². The van der Waals surface area contributed by atoms with Gasteiger partial charge >= 0.3 is 5.97 Å². The first-order chi connectivity index (χ1) is 15.3. The molecule has 1 N–H and O–H groups in total. The Morgan fingerprint density at radius 3 is 2.41 bits per heavy atom. The van der Waals surface area contributed by atoms with Gasteiger partial charge in [-0.25, -0.2) is 4.39 Å². The van der Waals surface area contributed by atoms with Crippen molar-refractivity contribution in [3.05, 3.63) is 64.7 Å². The first kappa shape index (κ1) is 26.2. The second-order valence-corrected chi connectivity index (χ2v) is 8.74. The normalized spacial score (nSPS) is 14.2. The van der Waals surface area contributed by atoms with Crippen LogP contribution in [0.5, 0.6) is 0 Å². The monoisotopic (exact) mass is 464 g/mol. The summed E-state index contributed by atoms with van der Waals surface area (Å²) in [6.07, 6.45) is 4.35. The lowest BCUT2D eigenvalue weighted by Gasteiger charge is -2.23. The molecule has 0 saturated heterocycles. The highest BCUT2D eigenvalue weighted by atomic mass is 35.5. The lowest BCUT2D eigenvalue weighted by atomic mass is 9.92. The van der Waals surface area contributed by atoms with Gasteiger partial charge in [0.05, 0.1) is 35.9 Å². The van der Waals surface area contributed by atoms with E-state index in [1.807, 2.05) is 12.1 Å². The summed E-state index contributed by atoms with van der Waals surface area (Å²) < 4.78 is 23.8. The Morgan fingerprint density at radius 2 is 1.84 bits per heavy atom. The Morgan fingerprint density at radius 1 is 1.12 bits per heavy atom. The second-order valence-electron chi connectivity index (χ2n) is 8.30. The number of benzene rings is 1. The zero-order chi connectivity index (χ0) is 23.5. The van der Waals surface area contributed by atoms with Gasteiger partial charge in [-0.2, -0.15) is 0 Å². The van der Waals surface area contributed by atoms with Crippen molar-refractivity contribution in [2.24, 2.45) is 11.8 Å². The van der Waals surface area contributed by atoms with Crippen LogP contribution in [-0.4, -0.2) is 31.7 Å². The van der Waals surface area contributed by atoms with Gasteiger partial charge in [-0.15, -0.1) is 0 Å². The van der Waals surface area contributed by atoms with Gasteiger partial charge in [0.25, 0.3) is 0 Å². The van der Waals surface area contributed by atoms with E-state index in [2.05, 4.69) is 24.1 Å². The molecule has 2 aromatic rings. The summed E-state index contributed by atoms with van der Waals surface area (Å²) in [5.41, 5.74) is 1.82. The molecule has 0 radical (unpaired) electrons. The van der Waals surface area contributed by atoms with Gasteiger partial charge in [0.2, 0.25) is 0 Å². The molecule has 1 aromatic heterocycles. The third-order valence-electron chi connectivity index (χ3n) is 5.64. The zero-order valence-corrected chi connectivity index (χ0v) is 20.1. The minimum atomic E-state index is -0.297. The van der Waals surface area contributed by atoms with E-state index in [0.717, 1.165) is 30.6 Å². The van der Waals surface area contributed by atoms with Crippen LogP contribution in [0, 0.1) is 17.7 Å². The van der Waals surface area contributed by atoms with Crippen molar-refractivity contribution in [1.29, 1.82) is 0 Å². The first-order valence-corrected chi connectivity index (χ1v) is 11.4. The number of methoxy groups -OCH3 is 2. The summed E-state index contributed by atoms with van der Waals surface area (Å²) in [7, 11) is 3.01. The van der Waals surface area contributed by atoms with Gasteiger partial charge in [0.15, 0.2) is 0 Å². The average Bonchev–Trinajstić information content (AvgIpc) is 2.79. The van der Waals surface area contributed by atoms with Crippen LogP contribution in [-0.2, 0) is 14.3 Å². The summed E-state index contributed by atoms with van der Waals surface area (Å²) in [5.74, 6) is -0.444. The molecule has 3 atom stereocenters. The maximum absolute atomic E-state index is 13.2. The molecule has 2 unspecified atom stereocenters. The molecule has 7 heteroatoms. The predicted molar refractivity (Wildman–Crippen MR) is 125 cm³/mol. The van der Waals surface area contributed by atoms with Crippen molar-refractivity contribution in [2.75, 3.05) is 20.8 Å². The van der Waals surface area contributed by atoms with E-state index < -0.39 is 0 Å². The number of halogens is 2. The number of rotatable bonds is 13. The molecule has 1 aromatic carbocycles. The standard InChI is InChI=1S/C25H34ClFN2O3/c1-17(2)24(22-13-10-20(26)16-29-22)28-14-6-5-7-19(25(30)32-4)15-23(31-3)18-8-11-21(27)12-9-18/h8-13,16-17,19,23-24,28H,5-7,14-15H2,1-4H3/t19?,23?,24-/m1/s1. The summed E-state index contributed by atoms with van der Waals surface area (Å²) in [5, 5.41) is 4.20. The number of esters is 1. The Balaban J connectivity index is 1.88. The highest BCUT2D eigenvalue weighted by molar-refractivity contribution is 6.30. The van der Waals surface area contributed by atoms with Crippen molar-refractivity contribution in [3.8, 4) is 0 Å². The van der Waals surface area contributed by atoms with E-state index in [9.17, 15) is 9.18 Å². The molecule has 0 aliphatic rings. The van der Waals surface area contributed by atoms with Crippen LogP contribution in [0.3, 0.4) is 0 Å². The SMILES string of the molecule is COC(=O)C(CCCCN[C@@H](c1ccc(Cl)cn1)C(C)C)CC(OC)c1ccc(F)cc1. The molecule has 0 spiro atoms. The number of aromatic nitrogens is 1. The number of hydrogen-bond acceptors (Lipinski definition) is 5.